The topological polar surface area (TPSA) is 173 Å². The number of hydrogen-bond acceptors (Lipinski definition) is 9. The molecule has 2 N–H and O–H groups in total. The molecule has 0 saturated heterocycles. The molecule has 4 aromatic rings. The minimum absolute atomic E-state index is 0. The third kappa shape index (κ3) is 17.4. The van der Waals surface area contributed by atoms with Crippen LogP contribution in [0.2, 0.25) is 0 Å². The van der Waals surface area contributed by atoms with Crippen molar-refractivity contribution in [3.05, 3.63) is 96.1 Å². The van der Waals surface area contributed by atoms with Gasteiger partial charge in [-0.2, -0.15) is 8.42 Å². The standard InChI is InChI=1S/2C20H26O5S.Ca/c2*1-2-3-4-5-6-7-9-16-12-13-18(15-20(16)21)25-17-10-8-11-19(14-17)26(22,23)24;/h2*8,10-15,21H,2-7,9H2,1H3,(H,22,23,24);/q;;+2/p-2. The van der Waals surface area contributed by atoms with Gasteiger partial charge in [-0.3, -0.25) is 4.55 Å². The molecule has 10 nitrogen and oxygen atoms in total. The molecule has 13 heteroatoms. The summed E-state index contributed by atoms with van der Waals surface area (Å²) in [6.45, 7) is 4.38. The van der Waals surface area contributed by atoms with Crippen LogP contribution in [0.3, 0.4) is 0 Å². The number of unbranched alkanes of at least 4 members (excludes halogenated alkanes) is 10. The van der Waals surface area contributed by atoms with Crippen molar-refractivity contribution in [1.82, 2.24) is 0 Å². The van der Waals surface area contributed by atoms with Crippen molar-refractivity contribution >= 4 is 58.0 Å². The maximum Gasteiger partial charge on any atom is 2.00 e. The van der Waals surface area contributed by atoms with Gasteiger partial charge in [0, 0.05) is 12.1 Å². The number of phenols is 1. The molecule has 0 atom stereocenters. The molecule has 0 spiro atoms. The molecule has 0 amide bonds. The number of rotatable bonds is 20. The number of aryl methyl sites for hydroxylation is 2. The summed E-state index contributed by atoms with van der Waals surface area (Å²) in [5.41, 5.74) is 1.63. The second-order valence-corrected chi connectivity index (χ2v) is 15.5. The number of ether oxygens (including phenoxy) is 2. The van der Waals surface area contributed by atoms with Crippen molar-refractivity contribution in [3.63, 3.8) is 0 Å². The second kappa shape index (κ2) is 23.8. The Morgan fingerprint density at radius 2 is 1.00 bits per heavy atom. The molecule has 0 heterocycles. The van der Waals surface area contributed by atoms with Crippen LogP contribution in [0.4, 0.5) is 0 Å². The van der Waals surface area contributed by atoms with E-state index < -0.39 is 20.2 Å². The molecule has 0 saturated carbocycles. The predicted molar refractivity (Wildman–Crippen MR) is 205 cm³/mol. The molecular formula is C40H50CaO10S2. The quantitative estimate of drug-likeness (QED) is 0.0499. The zero-order chi connectivity index (χ0) is 38.0. The van der Waals surface area contributed by atoms with Crippen molar-refractivity contribution in [2.75, 3.05) is 0 Å². The maximum atomic E-state index is 12.2. The fourth-order valence-electron chi connectivity index (χ4n) is 5.48. The SMILES string of the molecule is CCCCCCCCc1ccc(Oc2cccc(S(=O)(=O)O)c2)cc1O.CCCCCCCCc1ccc(Oc2cccc(S(=O)(=O)[O-])c2)cc1[O-].[Ca+2]. The minimum atomic E-state index is -4.54. The molecule has 0 radical (unpaired) electrons. The normalized spacial score (nSPS) is 11.2. The molecule has 0 aliphatic heterocycles. The Bertz CT molecular complexity index is 1780. The fraction of sp³-hybridized carbons (Fsp3) is 0.400. The Hall–Kier alpha value is -2.84. The Labute approximate surface area is 345 Å². The minimum Gasteiger partial charge on any atom is -0.872 e. The van der Waals surface area contributed by atoms with Gasteiger partial charge >= 0.3 is 37.7 Å². The van der Waals surface area contributed by atoms with Gasteiger partial charge in [0.1, 0.15) is 38.9 Å². The van der Waals surface area contributed by atoms with Crippen LogP contribution in [0.5, 0.6) is 34.5 Å². The van der Waals surface area contributed by atoms with Crippen LogP contribution in [-0.2, 0) is 33.1 Å². The van der Waals surface area contributed by atoms with Gasteiger partial charge in [0.15, 0.2) is 0 Å². The third-order valence-corrected chi connectivity index (χ3v) is 10.0. The molecule has 4 rings (SSSR count). The Morgan fingerprint density at radius 1 is 0.566 bits per heavy atom. The van der Waals surface area contributed by atoms with Gasteiger partial charge < -0.3 is 24.2 Å². The first-order valence-electron chi connectivity index (χ1n) is 17.9. The van der Waals surface area contributed by atoms with Gasteiger partial charge in [0.05, 0.1) is 9.79 Å². The molecule has 0 unspecified atom stereocenters. The monoisotopic (exact) mass is 794 g/mol. The van der Waals surface area contributed by atoms with E-state index in [0.717, 1.165) is 55.7 Å². The number of phenolic OH excluding ortho intramolecular Hbond substituents is 1. The van der Waals surface area contributed by atoms with Crippen LogP contribution in [0, 0.1) is 0 Å². The van der Waals surface area contributed by atoms with E-state index in [4.69, 9.17) is 14.0 Å². The van der Waals surface area contributed by atoms with Crippen LogP contribution in [0.1, 0.15) is 102 Å². The zero-order valence-corrected chi connectivity index (χ0v) is 34.5. The van der Waals surface area contributed by atoms with Crippen molar-refractivity contribution in [3.8, 4) is 34.5 Å². The summed E-state index contributed by atoms with van der Waals surface area (Å²) in [7, 11) is -8.82. The molecular weight excluding hydrogens is 745 g/mol. The van der Waals surface area contributed by atoms with Gasteiger partial charge in [-0.25, -0.2) is 8.42 Å². The van der Waals surface area contributed by atoms with E-state index in [1.165, 1.54) is 99.9 Å². The van der Waals surface area contributed by atoms with Gasteiger partial charge in [-0.05, 0) is 79.8 Å². The molecule has 4 aromatic carbocycles. The first-order valence-corrected chi connectivity index (χ1v) is 20.8. The number of aromatic hydroxyl groups is 1. The van der Waals surface area contributed by atoms with Gasteiger partial charge in [-0.15, -0.1) is 5.75 Å². The van der Waals surface area contributed by atoms with E-state index in [-0.39, 0.29) is 70.5 Å². The summed E-state index contributed by atoms with van der Waals surface area (Å²) in [6, 6.07) is 20.8. The van der Waals surface area contributed by atoms with Crippen molar-refractivity contribution in [2.24, 2.45) is 0 Å². The Balaban J connectivity index is 0.000000360. The van der Waals surface area contributed by atoms with E-state index in [0.29, 0.717) is 11.5 Å². The van der Waals surface area contributed by atoms with Crippen LogP contribution in [-0.4, -0.2) is 68.8 Å². The van der Waals surface area contributed by atoms with Crippen molar-refractivity contribution < 1.29 is 45.6 Å². The molecule has 0 aromatic heterocycles. The van der Waals surface area contributed by atoms with Crippen LogP contribution < -0.4 is 14.6 Å². The zero-order valence-electron chi connectivity index (χ0n) is 30.7. The third-order valence-electron chi connectivity index (χ3n) is 8.36. The molecule has 0 fully saturated rings. The summed E-state index contributed by atoms with van der Waals surface area (Å²) in [4.78, 5) is -0.601. The van der Waals surface area contributed by atoms with E-state index in [2.05, 4.69) is 13.8 Å². The van der Waals surface area contributed by atoms with Gasteiger partial charge in [0.25, 0.3) is 10.1 Å². The summed E-state index contributed by atoms with van der Waals surface area (Å²) in [5.74, 6) is 1.27. The van der Waals surface area contributed by atoms with E-state index in [9.17, 15) is 31.6 Å². The number of benzene rings is 4. The molecule has 0 aliphatic rings. The van der Waals surface area contributed by atoms with Gasteiger partial charge in [-0.1, -0.05) is 108 Å². The summed E-state index contributed by atoms with van der Waals surface area (Å²) in [5, 5.41) is 22.4. The van der Waals surface area contributed by atoms with Crippen LogP contribution in [0.15, 0.2) is 94.7 Å². The number of hydrogen-bond donors (Lipinski definition) is 2. The Morgan fingerprint density at radius 3 is 1.49 bits per heavy atom. The van der Waals surface area contributed by atoms with E-state index >= 15 is 0 Å². The maximum absolute atomic E-state index is 12.2. The smallest absolute Gasteiger partial charge is 0.872 e. The molecule has 53 heavy (non-hydrogen) atoms. The van der Waals surface area contributed by atoms with Crippen molar-refractivity contribution in [1.29, 1.82) is 0 Å². The molecule has 284 valence electrons. The molecule has 0 aliphatic carbocycles. The van der Waals surface area contributed by atoms with E-state index in [1.54, 1.807) is 24.3 Å². The van der Waals surface area contributed by atoms with Crippen LogP contribution >= 0.6 is 0 Å². The van der Waals surface area contributed by atoms with Crippen molar-refractivity contribution in [2.45, 2.75) is 114 Å². The van der Waals surface area contributed by atoms with Crippen LogP contribution in [0.25, 0.3) is 0 Å². The first kappa shape index (κ1) is 46.3. The van der Waals surface area contributed by atoms with Gasteiger partial charge in [0.2, 0.25) is 0 Å². The largest absolute Gasteiger partial charge is 2.00 e. The predicted octanol–water partition coefficient (Wildman–Crippen LogP) is 9.31. The van der Waals surface area contributed by atoms with E-state index in [1.807, 2.05) is 6.07 Å². The average molecular weight is 795 g/mol. The second-order valence-electron chi connectivity index (χ2n) is 12.7. The summed E-state index contributed by atoms with van der Waals surface area (Å²) < 4.78 is 75.7. The average Bonchev–Trinajstić information content (AvgIpc) is 3.09. The molecule has 0 bridgehead atoms. The Kier molecular flexibility index (Phi) is 20.8. The summed E-state index contributed by atoms with van der Waals surface area (Å²) in [6.07, 6.45) is 15.8. The fourth-order valence-corrected chi connectivity index (χ4v) is 6.50. The first-order chi connectivity index (χ1) is 24.8. The summed E-state index contributed by atoms with van der Waals surface area (Å²) >= 11 is 0.